The third-order valence-electron chi connectivity index (χ3n) is 2.97. The predicted molar refractivity (Wildman–Crippen MR) is 76.7 cm³/mol. The largest absolute Gasteiger partial charge is 0.313 e. The molecule has 0 aliphatic heterocycles. The maximum atomic E-state index is 4.37. The van der Waals surface area contributed by atoms with Crippen molar-refractivity contribution in [1.29, 1.82) is 0 Å². The molecule has 0 bridgehead atoms. The van der Waals surface area contributed by atoms with Crippen molar-refractivity contribution in [2.45, 2.75) is 23.6 Å². The van der Waals surface area contributed by atoms with Crippen molar-refractivity contribution in [3.05, 3.63) is 47.8 Å². The number of hydrogen-bond acceptors (Lipinski definition) is 3. The van der Waals surface area contributed by atoms with Gasteiger partial charge in [0.05, 0.1) is 5.69 Å². The minimum absolute atomic E-state index is 0.403. The average Bonchev–Trinajstić information content (AvgIpc) is 2.82. The first-order valence-electron chi connectivity index (χ1n) is 6.07. The molecule has 0 radical (unpaired) electrons. The van der Waals surface area contributed by atoms with Crippen LogP contribution in [0.1, 0.15) is 24.2 Å². The summed E-state index contributed by atoms with van der Waals surface area (Å²) in [6.07, 6.45) is 1.98. The van der Waals surface area contributed by atoms with Gasteiger partial charge in [0.15, 0.2) is 0 Å². The molecule has 0 saturated heterocycles. The van der Waals surface area contributed by atoms with Crippen LogP contribution in [0.15, 0.2) is 41.4 Å². The highest BCUT2D eigenvalue weighted by atomic mass is 32.2. The van der Waals surface area contributed by atoms with E-state index >= 15 is 0 Å². The molecule has 0 saturated carbocycles. The smallest absolute Gasteiger partial charge is 0.0727 e. The molecule has 96 valence electrons. The van der Waals surface area contributed by atoms with Crippen LogP contribution < -0.4 is 5.32 Å². The molecule has 0 amide bonds. The number of benzene rings is 1. The molecule has 2 aromatic rings. The molecule has 0 spiro atoms. The van der Waals surface area contributed by atoms with Crippen molar-refractivity contribution >= 4 is 11.8 Å². The summed E-state index contributed by atoms with van der Waals surface area (Å²) >= 11 is 1.82. The summed E-state index contributed by atoms with van der Waals surface area (Å²) in [6, 6.07) is 11.2. The number of aromatic nitrogens is 2. The highest BCUT2D eigenvalue weighted by molar-refractivity contribution is 7.98. The Morgan fingerprint density at radius 3 is 2.56 bits per heavy atom. The van der Waals surface area contributed by atoms with E-state index in [1.165, 1.54) is 10.5 Å². The van der Waals surface area contributed by atoms with Crippen LogP contribution in [0.4, 0.5) is 0 Å². The zero-order valence-electron chi connectivity index (χ0n) is 11.1. The van der Waals surface area contributed by atoms with Crippen LogP contribution in [0, 0.1) is 0 Å². The van der Waals surface area contributed by atoms with Crippen LogP contribution in [0.5, 0.6) is 0 Å². The second kappa shape index (κ2) is 6.07. The Balaban J connectivity index is 1.94. The first-order valence-corrected chi connectivity index (χ1v) is 7.06. The van der Waals surface area contributed by atoms with Gasteiger partial charge >= 0.3 is 0 Å². The molecule has 2 rings (SSSR count). The minimum atomic E-state index is 0.403. The second-order valence-corrected chi connectivity index (χ2v) is 5.40. The predicted octanol–water partition coefficient (Wildman–Crippen LogP) is 2.99. The van der Waals surface area contributed by atoms with Crippen LogP contribution in [-0.2, 0) is 12.8 Å². The van der Waals surface area contributed by atoms with Crippen LogP contribution in [0.3, 0.4) is 0 Å². The SMILES string of the molecule is CNC(C)c1ccc(SCc2ccn(C)n2)cc1. The van der Waals surface area contributed by atoms with E-state index < -0.39 is 0 Å². The zero-order chi connectivity index (χ0) is 13.0. The summed E-state index contributed by atoms with van der Waals surface area (Å²) in [5.74, 6) is 0.918. The molecule has 3 nitrogen and oxygen atoms in total. The molecule has 1 aromatic carbocycles. The van der Waals surface area contributed by atoms with E-state index in [0.29, 0.717) is 6.04 Å². The van der Waals surface area contributed by atoms with E-state index in [9.17, 15) is 0 Å². The molecule has 0 aliphatic carbocycles. The van der Waals surface area contributed by atoms with Gasteiger partial charge in [0.1, 0.15) is 0 Å². The van der Waals surface area contributed by atoms with Gasteiger partial charge in [-0.3, -0.25) is 4.68 Å². The second-order valence-electron chi connectivity index (χ2n) is 4.35. The Morgan fingerprint density at radius 1 is 1.28 bits per heavy atom. The van der Waals surface area contributed by atoms with Crippen molar-refractivity contribution in [3.8, 4) is 0 Å². The fourth-order valence-electron chi connectivity index (χ4n) is 1.72. The van der Waals surface area contributed by atoms with Gasteiger partial charge < -0.3 is 5.32 Å². The number of nitrogens with zero attached hydrogens (tertiary/aromatic N) is 2. The first kappa shape index (κ1) is 13.2. The fourth-order valence-corrected chi connectivity index (χ4v) is 2.51. The quantitative estimate of drug-likeness (QED) is 0.839. The zero-order valence-corrected chi connectivity index (χ0v) is 11.9. The van der Waals surface area contributed by atoms with Crippen LogP contribution in [0.25, 0.3) is 0 Å². The summed E-state index contributed by atoms with van der Waals surface area (Å²) < 4.78 is 1.84. The van der Waals surface area contributed by atoms with Crippen molar-refractivity contribution in [1.82, 2.24) is 15.1 Å². The molecule has 18 heavy (non-hydrogen) atoms. The third kappa shape index (κ3) is 3.37. The molecule has 0 aliphatic rings. The molecule has 4 heteroatoms. The van der Waals surface area contributed by atoms with Crippen molar-refractivity contribution < 1.29 is 0 Å². The number of rotatable bonds is 5. The van der Waals surface area contributed by atoms with Gasteiger partial charge in [0.25, 0.3) is 0 Å². The van der Waals surface area contributed by atoms with Crippen molar-refractivity contribution in [2.75, 3.05) is 7.05 Å². The Bertz CT molecular complexity index is 490. The van der Waals surface area contributed by atoms with Gasteiger partial charge in [-0.15, -0.1) is 11.8 Å². The summed E-state index contributed by atoms with van der Waals surface area (Å²) in [7, 11) is 3.93. The van der Waals surface area contributed by atoms with E-state index in [0.717, 1.165) is 11.4 Å². The van der Waals surface area contributed by atoms with Gasteiger partial charge in [0, 0.05) is 29.9 Å². The molecule has 1 aromatic heterocycles. The van der Waals surface area contributed by atoms with Crippen molar-refractivity contribution in [3.63, 3.8) is 0 Å². The molecule has 1 atom stereocenters. The Morgan fingerprint density at radius 2 is 2.00 bits per heavy atom. The highest BCUT2D eigenvalue weighted by Crippen LogP contribution is 2.23. The van der Waals surface area contributed by atoms with Gasteiger partial charge in [-0.1, -0.05) is 12.1 Å². The Labute approximate surface area is 113 Å². The maximum absolute atomic E-state index is 4.37. The molecule has 0 fully saturated rings. The summed E-state index contributed by atoms with van der Waals surface area (Å²) in [5, 5.41) is 7.61. The van der Waals surface area contributed by atoms with Gasteiger partial charge in [-0.05, 0) is 37.7 Å². The van der Waals surface area contributed by atoms with Crippen LogP contribution in [-0.4, -0.2) is 16.8 Å². The molecule has 1 N–H and O–H groups in total. The standard InChI is InChI=1S/C14H19N3S/c1-11(15-2)12-4-6-14(7-5-12)18-10-13-8-9-17(3)16-13/h4-9,11,15H,10H2,1-3H3. The summed E-state index contributed by atoms with van der Waals surface area (Å²) in [6.45, 7) is 2.16. The molecule has 1 unspecified atom stereocenters. The number of aryl methyl sites for hydroxylation is 1. The highest BCUT2D eigenvalue weighted by Gasteiger charge is 2.03. The van der Waals surface area contributed by atoms with Crippen molar-refractivity contribution in [2.24, 2.45) is 7.05 Å². The molecule has 1 heterocycles. The lowest BCUT2D eigenvalue weighted by Crippen LogP contribution is -2.11. The average molecular weight is 261 g/mol. The minimum Gasteiger partial charge on any atom is -0.313 e. The van der Waals surface area contributed by atoms with Gasteiger partial charge in [-0.25, -0.2) is 0 Å². The van der Waals surface area contributed by atoms with E-state index in [1.807, 2.05) is 36.7 Å². The number of nitrogens with one attached hydrogen (secondary N) is 1. The Kier molecular flexibility index (Phi) is 4.44. The topological polar surface area (TPSA) is 29.9 Å². The van der Waals surface area contributed by atoms with Gasteiger partial charge in [-0.2, -0.15) is 5.10 Å². The van der Waals surface area contributed by atoms with Gasteiger partial charge in [0.2, 0.25) is 0 Å². The lowest BCUT2D eigenvalue weighted by Gasteiger charge is -2.10. The fraction of sp³-hybridized carbons (Fsp3) is 0.357. The normalized spacial score (nSPS) is 12.6. The summed E-state index contributed by atoms with van der Waals surface area (Å²) in [5.41, 5.74) is 2.44. The number of thioether (sulfide) groups is 1. The van der Waals surface area contributed by atoms with E-state index in [1.54, 1.807) is 0 Å². The number of hydrogen-bond donors (Lipinski definition) is 1. The Hall–Kier alpha value is -1.26. The molecular formula is C14H19N3S. The maximum Gasteiger partial charge on any atom is 0.0727 e. The third-order valence-corrected chi connectivity index (χ3v) is 4.01. The first-order chi connectivity index (χ1) is 8.69. The van der Waals surface area contributed by atoms with E-state index in [-0.39, 0.29) is 0 Å². The lowest BCUT2D eigenvalue weighted by atomic mass is 10.1. The van der Waals surface area contributed by atoms with E-state index in [2.05, 4.69) is 47.7 Å². The molecular weight excluding hydrogens is 242 g/mol. The van der Waals surface area contributed by atoms with Crippen LogP contribution in [0.2, 0.25) is 0 Å². The van der Waals surface area contributed by atoms with E-state index in [4.69, 9.17) is 0 Å². The van der Waals surface area contributed by atoms with Crippen LogP contribution >= 0.6 is 11.8 Å². The summed E-state index contributed by atoms with van der Waals surface area (Å²) in [4.78, 5) is 1.28. The lowest BCUT2D eigenvalue weighted by molar-refractivity contribution is 0.652. The monoisotopic (exact) mass is 261 g/mol.